The average molecular weight is 1500 g/mol. The van der Waals surface area contributed by atoms with Crippen molar-refractivity contribution in [1.82, 2.24) is 0 Å². The van der Waals surface area contributed by atoms with Crippen molar-refractivity contribution in [3.05, 3.63) is 68.7 Å². The summed E-state index contributed by atoms with van der Waals surface area (Å²) in [6.45, 7) is 41.7. The summed E-state index contributed by atoms with van der Waals surface area (Å²) >= 11 is 12.4. The molecular weight excluding hydrogens is 1360 g/mol. The summed E-state index contributed by atoms with van der Waals surface area (Å²) in [5.41, 5.74) is 17.7. The van der Waals surface area contributed by atoms with Crippen LogP contribution in [0.15, 0.2) is 68.7 Å². The molecule has 0 aliphatic rings. The van der Waals surface area contributed by atoms with Gasteiger partial charge in [0, 0.05) is 112 Å². The third-order valence-electron chi connectivity index (χ3n) is 21.2. The maximum absolute atomic E-state index is 2.91. The second-order valence-corrected chi connectivity index (χ2v) is 35.0. The van der Waals surface area contributed by atoms with E-state index in [1.165, 1.54) is 328 Å². The van der Waals surface area contributed by atoms with Gasteiger partial charge in [-0.3, -0.25) is 0 Å². The molecule has 0 aliphatic carbocycles. The van der Waals surface area contributed by atoms with Crippen molar-refractivity contribution in [2.75, 3.05) is 108 Å². The molecule has 570 valence electrons. The first-order chi connectivity index (χ1) is 50.3. The fraction of sp³-hybridized carbons (Fsp3) is 0.667. The van der Waals surface area contributed by atoms with E-state index in [1.54, 1.807) is 0 Å². The Hall–Kier alpha value is -3.78. The Morgan fingerprint density at radius 1 is 0.167 bits per heavy atom. The third kappa shape index (κ3) is 24.6. The molecule has 0 unspecified atom stereocenters. The molecule has 6 heterocycles. The van der Waals surface area contributed by atoms with Crippen molar-refractivity contribution in [3.8, 4) is 62.6 Å². The predicted molar refractivity (Wildman–Crippen MR) is 474 cm³/mol. The number of anilines is 6. The number of hydrogen-bond donors (Lipinski definition) is 0. The second kappa shape index (κ2) is 50.0. The lowest BCUT2D eigenvalue weighted by molar-refractivity contribution is 0.637. The molecular formula is C90H144N6S6. The highest BCUT2D eigenvalue weighted by Crippen LogP contribution is 2.65. The second-order valence-electron chi connectivity index (χ2n) is 29.5. The maximum atomic E-state index is 2.91. The normalized spacial score (nSPS) is 11.6. The van der Waals surface area contributed by atoms with Crippen LogP contribution in [0.3, 0.4) is 0 Å². The molecule has 1 aromatic carbocycles. The van der Waals surface area contributed by atoms with Gasteiger partial charge in [-0.05, 0) is 146 Å². The van der Waals surface area contributed by atoms with Gasteiger partial charge in [0.2, 0.25) is 0 Å². The van der Waals surface area contributed by atoms with Gasteiger partial charge in [0.05, 0.1) is 63.4 Å². The van der Waals surface area contributed by atoms with E-state index in [4.69, 9.17) is 0 Å². The Morgan fingerprint density at radius 2 is 0.275 bits per heavy atom. The molecule has 0 fully saturated rings. The van der Waals surface area contributed by atoms with E-state index < -0.39 is 0 Å². The van der Waals surface area contributed by atoms with E-state index >= 15 is 0 Å². The standard InChI is InChI=1S/C90H144N6S6/c1-13-25-37-55-91(56-38-26-14-2)73-49-67-97-85(73)79-80(86-74(50-68-98-86)92(57-39-27-15-3)58-40-28-16-4)82(88-76(52-70-100-88)94(61-43-31-19-7)62-44-32-20-8)84(90-78(54-72-102-90)96(65-47-35-23-11)66-48-36-24-12)83(89-77(53-71-101-89)95(63-45-33-21-9)64-46-34-22-10)81(79)87-75(51-69-99-87)93(59-41-29-17-5)60-42-30-18-6/h49-54,67-72H,13-48,55-66H2,1-12H3. The van der Waals surface area contributed by atoms with Crippen LogP contribution in [0.25, 0.3) is 62.6 Å². The smallest absolute Gasteiger partial charge is 0.0589 e. The summed E-state index contributed by atoms with van der Waals surface area (Å²) in [6, 6.07) is 15.6. The molecule has 0 radical (unpaired) electrons. The van der Waals surface area contributed by atoms with Gasteiger partial charge in [0.25, 0.3) is 0 Å². The van der Waals surface area contributed by atoms with E-state index in [-0.39, 0.29) is 0 Å². The zero-order valence-electron chi connectivity index (χ0n) is 67.0. The molecule has 102 heavy (non-hydrogen) atoms. The lowest BCUT2D eigenvalue weighted by Gasteiger charge is -2.34. The first kappa shape index (κ1) is 85.5. The van der Waals surface area contributed by atoms with Crippen LogP contribution in [0.1, 0.15) is 314 Å². The third-order valence-corrected chi connectivity index (χ3v) is 26.7. The lowest BCUT2D eigenvalue weighted by Crippen LogP contribution is -2.27. The maximum Gasteiger partial charge on any atom is 0.0589 e. The first-order valence-electron chi connectivity index (χ1n) is 42.5. The van der Waals surface area contributed by atoms with Crippen molar-refractivity contribution in [1.29, 1.82) is 0 Å². The van der Waals surface area contributed by atoms with Crippen LogP contribution >= 0.6 is 68.0 Å². The molecule has 0 bridgehead atoms. The minimum Gasteiger partial charge on any atom is -0.370 e. The van der Waals surface area contributed by atoms with Crippen molar-refractivity contribution in [3.63, 3.8) is 0 Å². The molecule has 7 rings (SSSR count). The van der Waals surface area contributed by atoms with Gasteiger partial charge in [-0.25, -0.2) is 0 Å². The van der Waals surface area contributed by atoms with Crippen LogP contribution in [0, 0.1) is 0 Å². The Bertz CT molecular complexity index is 2650. The van der Waals surface area contributed by atoms with Gasteiger partial charge >= 0.3 is 0 Å². The monoisotopic (exact) mass is 1500 g/mol. The van der Waals surface area contributed by atoms with Crippen LogP contribution in [0.2, 0.25) is 0 Å². The quantitative estimate of drug-likeness (QED) is 0.0352. The summed E-state index contributed by atoms with van der Waals surface area (Å²) in [6.07, 6.45) is 44.1. The summed E-state index contributed by atoms with van der Waals surface area (Å²) < 4.78 is 0. The summed E-state index contributed by atoms with van der Waals surface area (Å²) in [7, 11) is 0. The minimum atomic E-state index is 1.08. The summed E-state index contributed by atoms with van der Waals surface area (Å²) in [5, 5.41) is 15.2. The SMILES string of the molecule is CCCCCN(CCCCC)c1ccsc1-c1c(-c2sccc2N(CCCCC)CCCCC)c(-c2sccc2N(CCCCC)CCCCC)c(-c2sccc2N(CCCCC)CCCCC)c(-c2sccc2N(CCCCC)CCCCC)c1-c1sccc1N(CCCCC)CCCCC. The Kier molecular flexibility index (Phi) is 41.9. The highest BCUT2D eigenvalue weighted by atomic mass is 32.1. The van der Waals surface area contributed by atoms with Gasteiger partial charge in [0.15, 0.2) is 0 Å². The van der Waals surface area contributed by atoms with Crippen LogP contribution in [-0.2, 0) is 0 Å². The molecule has 12 heteroatoms. The molecule has 0 atom stereocenters. The van der Waals surface area contributed by atoms with Crippen molar-refractivity contribution < 1.29 is 0 Å². The van der Waals surface area contributed by atoms with Crippen LogP contribution in [0.5, 0.6) is 0 Å². The zero-order valence-corrected chi connectivity index (χ0v) is 71.9. The molecule has 0 aliphatic heterocycles. The number of rotatable bonds is 60. The van der Waals surface area contributed by atoms with Gasteiger partial charge < -0.3 is 29.4 Å². The lowest BCUT2D eigenvalue weighted by atomic mass is 9.81. The van der Waals surface area contributed by atoms with E-state index in [1.807, 2.05) is 0 Å². The average Bonchev–Trinajstić information content (AvgIpc) is 1.35. The topological polar surface area (TPSA) is 19.4 Å². The Balaban J connectivity index is 1.92. The number of unbranched alkanes of at least 4 members (excludes halogenated alkanes) is 24. The van der Waals surface area contributed by atoms with Crippen molar-refractivity contribution in [2.24, 2.45) is 0 Å². The summed E-state index contributed by atoms with van der Waals surface area (Å²) in [5.74, 6) is 0. The number of hydrogen-bond acceptors (Lipinski definition) is 12. The van der Waals surface area contributed by atoms with Crippen molar-refractivity contribution >= 4 is 102 Å². The molecule has 0 saturated carbocycles. The zero-order chi connectivity index (χ0) is 72.5. The van der Waals surface area contributed by atoms with Crippen molar-refractivity contribution in [2.45, 2.75) is 314 Å². The number of thiophene rings is 6. The molecule has 0 N–H and O–H groups in total. The highest BCUT2D eigenvalue weighted by molar-refractivity contribution is 7.18. The molecule has 0 amide bonds. The largest absolute Gasteiger partial charge is 0.370 e. The first-order valence-corrected chi connectivity index (χ1v) is 47.8. The van der Waals surface area contributed by atoms with Gasteiger partial charge in [-0.2, -0.15) is 0 Å². The number of nitrogens with zero attached hydrogens (tertiary/aromatic N) is 6. The van der Waals surface area contributed by atoms with E-state index in [0.717, 1.165) is 78.5 Å². The number of benzene rings is 1. The molecule has 6 aromatic heterocycles. The highest BCUT2D eigenvalue weighted by Gasteiger charge is 2.39. The predicted octanol–water partition coefficient (Wildman–Crippen LogP) is 31.2. The Labute approximate surface area is 650 Å². The van der Waals surface area contributed by atoms with Crippen LogP contribution in [-0.4, -0.2) is 78.5 Å². The van der Waals surface area contributed by atoms with Crippen LogP contribution in [0.4, 0.5) is 34.1 Å². The van der Waals surface area contributed by atoms with Gasteiger partial charge in [-0.15, -0.1) is 68.0 Å². The summed E-state index contributed by atoms with van der Waals surface area (Å²) in [4.78, 5) is 26.3. The van der Waals surface area contributed by atoms with Gasteiger partial charge in [-0.1, -0.05) is 237 Å². The van der Waals surface area contributed by atoms with E-state index in [9.17, 15) is 0 Å². The van der Waals surface area contributed by atoms with E-state index in [0.29, 0.717) is 0 Å². The fourth-order valence-corrected chi connectivity index (χ4v) is 21.1. The van der Waals surface area contributed by atoms with E-state index in [2.05, 4.69) is 249 Å². The molecule has 0 saturated heterocycles. The van der Waals surface area contributed by atoms with Crippen LogP contribution < -0.4 is 29.4 Å². The van der Waals surface area contributed by atoms with Gasteiger partial charge in [0.1, 0.15) is 0 Å². The Morgan fingerprint density at radius 3 is 0.373 bits per heavy atom. The molecule has 6 nitrogen and oxygen atoms in total. The minimum absolute atomic E-state index is 1.08. The molecule has 7 aromatic rings. The fourth-order valence-electron chi connectivity index (χ4n) is 15.3. The molecule has 0 spiro atoms.